The lowest BCUT2D eigenvalue weighted by Crippen LogP contribution is -2.07. The summed E-state index contributed by atoms with van der Waals surface area (Å²) in [5, 5.41) is 3.08. The Kier molecular flexibility index (Phi) is 5.86. The molecule has 3 nitrogen and oxygen atoms in total. The molecule has 0 aliphatic rings. The molecule has 16 heavy (non-hydrogen) atoms. The van der Waals surface area contributed by atoms with E-state index in [1.165, 1.54) is 6.42 Å². The Labute approximate surface area is 98.2 Å². The van der Waals surface area contributed by atoms with Crippen molar-refractivity contribution in [3.8, 4) is 5.75 Å². The summed E-state index contributed by atoms with van der Waals surface area (Å²) in [6, 6.07) is 3.90. The van der Waals surface area contributed by atoms with Gasteiger partial charge in [-0.05, 0) is 31.9 Å². The molecule has 0 aliphatic heterocycles. The number of ether oxygens (including phenoxy) is 1. The highest BCUT2D eigenvalue weighted by atomic mass is 16.5. The van der Waals surface area contributed by atoms with Crippen molar-refractivity contribution in [1.82, 2.24) is 10.3 Å². The lowest BCUT2D eigenvalue weighted by molar-refractivity contribution is 0.297. The summed E-state index contributed by atoms with van der Waals surface area (Å²) in [4.78, 5) is 4.24. The van der Waals surface area contributed by atoms with Gasteiger partial charge in [-0.1, -0.05) is 13.8 Å². The second kappa shape index (κ2) is 7.23. The predicted octanol–water partition coefficient (Wildman–Crippen LogP) is 2.62. The second-order valence-corrected chi connectivity index (χ2v) is 4.40. The number of nitrogens with one attached hydrogen (secondary N) is 1. The van der Waals surface area contributed by atoms with Gasteiger partial charge < -0.3 is 10.1 Å². The van der Waals surface area contributed by atoms with Gasteiger partial charge in [-0.15, -0.1) is 0 Å². The van der Waals surface area contributed by atoms with E-state index in [-0.39, 0.29) is 0 Å². The molecule has 0 atom stereocenters. The molecule has 1 aromatic rings. The normalized spacial score (nSPS) is 10.8. The SMILES string of the molecule is CNCc1cc(OCCCC(C)C)ccn1. The van der Waals surface area contributed by atoms with E-state index in [4.69, 9.17) is 4.74 Å². The number of rotatable bonds is 7. The van der Waals surface area contributed by atoms with Gasteiger partial charge in [0.1, 0.15) is 5.75 Å². The highest BCUT2D eigenvalue weighted by Gasteiger charge is 1.98. The Morgan fingerprint density at radius 2 is 2.25 bits per heavy atom. The molecule has 0 fully saturated rings. The Morgan fingerprint density at radius 3 is 2.94 bits per heavy atom. The molecule has 0 spiro atoms. The summed E-state index contributed by atoms with van der Waals surface area (Å²) in [7, 11) is 1.91. The molecule has 0 aliphatic carbocycles. The van der Waals surface area contributed by atoms with Crippen LogP contribution in [0.2, 0.25) is 0 Å². The fourth-order valence-corrected chi connectivity index (χ4v) is 1.51. The van der Waals surface area contributed by atoms with E-state index in [0.29, 0.717) is 0 Å². The second-order valence-electron chi connectivity index (χ2n) is 4.40. The summed E-state index contributed by atoms with van der Waals surface area (Å²) in [6.07, 6.45) is 4.13. The van der Waals surface area contributed by atoms with Crippen LogP contribution in [0.15, 0.2) is 18.3 Å². The van der Waals surface area contributed by atoms with Crippen LogP contribution in [0.5, 0.6) is 5.75 Å². The minimum absolute atomic E-state index is 0.751. The Morgan fingerprint density at radius 1 is 1.44 bits per heavy atom. The summed E-state index contributed by atoms with van der Waals surface area (Å²) in [6.45, 7) is 6.04. The largest absolute Gasteiger partial charge is 0.493 e. The minimum Gasteiger partial charge on any atom is -0.493 e. The summed E-state index contributed by atoms with van der Waals surface area (Å²) >= 11 is 0. The van der Waals surface area contributed by atoms with Crippen molar-refractivity contribution in [2.45, 2.75) is 33.2 Å². The van der Waals surface area contributed by atoms with Crippen LogP contribution in [-0.4, -0.2) is 18.6 Å². The number of pyridine rings is 1. The fraction of sp³-hybridized carbons (Fsp3) is 0.615. The van der Waals surface area contributed by atoms with E-state index < -0.39 is 0 Å². The van der Waals surface area contributed by atoms with Crippen LogP contribution in [0.25, 0.3) is 0 Å². The fourth-order valence-electron chi connectivity index (χ4n) is 1.51. The van der Waals surface area contributed by atoms with Crippen LogP contribution in [0.3, 0.4) is 0 Å². The van der Waals surface area contributed by atoms with Gasteiger partial charge in [-0.25, -0.2) is 0 Å². The first kappa shape index (κ1) is 13.0. The lowest BCUT2D eigenvalue weighted by Gasteiger charge is -2.08. The van der Waals surface area contributed by atoms with Gasteiger partial charge in [0.15, 0.2) is 0 Å². The van der Waals surface area contributed by atoms with Crippen molar-refractivity contribution in [3.63, 3.8) is 0 Å². The average Bonchev–Trinajstić information content (AvgIpc) is 2.25. The molecular formula is C13H22N2O. The summed E-state index contributed by atoms with van der Waals surface area (Å²) in [5.74, 6) is 1.67. The van der Waals surface area contributed by atoms with Gasteiger partial charge in [0.2, 0.25) is 0 Å². The van der Waals surface area contributed by atoms with Crippen molar-refractivity contribution < 1.29 is 4.74 Å². The smallest absolute Gasteiger partial charge is 0.122 e. The molecule has 0 saturated heterocycles. The molecule has 0 aromatic carbocycles. The van der Waals surface area contributed by atoms with Crippen molar-refractivity contribution in [1.29, 1.82) is 0 Å². The first-order valence-corrected chi connectivity index (χ1v) is 5.94. The highest BCUT2D eigenvalue weighted by Crippen LogP contribution is 2.12. The number of nitrogens with zero attached hydrogens (tertiary/aromatic N) is 1. The van der Waals surface area contributed by atoms with Crippen LogP contribution >= 0.6 is 0 Å². The van der Waals surface area contributed by atoms with E-state index in [9.17, 15) is 0 Å². The quantitative estimate of drug-likeness (QED) is 0.720. The van der Waals surface area contributed by atoms with Crippen molar-refractivity contribution in [2.24, 2.45) is 5.92 Å². The zero-order chi connectivity index (χ0) is 11.8. The Balaban J connectivity index is 2.33. The molecule has 0 bridgehead atoms. The van der Waals surface area contributed by atoms with Gasteiger partial charge in [-0.3, -0.25) is 4.98 Å². The maximum atomic E-state index is 5.68. The number of aromatic nitrogens is 1. The first-order chi connectivity index (χ1) is 7.72. The average molecular weight is 222 g/mol. The number of hydrogen-bond donors (Lipinski definition) is 1. The van der Waals surface area contributed by atoms with E-state index in [0.717, 1.165) is 36.9 Å². The van der Waals surface area contributed by atoms with Crippen molar-refractivity contribution in [3.05, 3.63) is 24.0 Å². The topological polar surface area (TPSA) is 34.1 Å². The molecule has 1 rings (SSSR count). The monoisotopic (exact) mass is 222 g/mol. The molecule has 1 aromatic heterocycles. The van der Waals surface area contributed by atoms with Crippen LogP contribution in [0, 0.1) is 5.92 Å². The van der Waals surface area contributed by atoms with Crippen LogP contribution in [0.4, 0.5) is 0 Å². The zero-order valence-corrected chi connectivity index (χ0v) is 10.5. The van der Waals surface area contributed by atoms with Crippen LogP contribution in [-0.2, 0) is 6.54 Å². The molecule has 0 unspecified atom stereocenters. The highest BCUT2D eigenvalue weighted by molar-refractivity contribution is 5.22. The van der Waals surface area contributed by atoms with Gasteiger partial charge in [0.05, 0.1) is 12.3 Å². The third kappa shape index (κ3) is 5.12. The molecule has 1 heterocycles. The molecule has 0 radical (unpaired) electrons. The first-order valence-electron chi connectivity index (χ1n) is 5.94. The Bertz CT molecular complexity index is 300. The maximum absolute atomic E-state index is 5.68. The van der Waals surface area contributed by atoms with Gasteiger partial charge in [0.25, 0.3) is 0 Å². The zero-order valence-electron chi connectivity index (χ0n) is 10.5. The molecule has 1 N–H and O–H groups in total. The van der Waals surface area contributed by atoms with E-state index >= 15 is 0 Å². The minimum atomic E-state index is 0.751. The van der Waals surface area contributed by atoms with E-state index in [1.807, 2.05) is 19.2 Å². The predicted molar refractivity (Wildman–Crippen MR) is 66.6 cm³/mol. The standard InChI is InChI=1S/C13H22N2O/c1-11(2)5-4-8-16-13-6-7-15-12(9-13)10-14-3/h6-7,9,11,14H,4-5,8,10H2,1-3H3. The number of hydrogen-bond acceptors (Lipinski definition) is 3. The maximum Gasteiger partial charge on any atom is 0.122 e. The van der Waals surface area contributed by atoms with Crippen LogP contribution in [0.1, 0.15) is 32.4 Å². The molecule has 0 saturated carbocycles. The van der Waals surface area contributed by atoms with Gasteiger partial charge >= 0.3 is 0 Å². The van der Waals surface area contributed by atoms with Crippen molar-refractivity contribution in [2.75, 3.05) is 13.7 Å². The summed E-state index contributed by atoms with van der Waals surface area (Å²) in [5.41, 5.74) is 1.02. The molecular weight excluding hydrogens is 200 g/mol. The molecule has 0 amide bonds. The van der Waals surface area contributed by atoms with E-state index in [1.54, 1.807) is 6.20 Å². The summed E-state index contributed by atoms with van der Waals surface area (Å²) < 4.78 is 5.68. The van der Waals surface area contributed by atoms with Gasteiger partial charge in [0, 0.05) is 18.8 Å². The third-order valence-corrected chi connectivity index (χ3v) is 2.34. The van der Waals surface area contributed by atoms with Gasteiger partial charge in [-0.2, -0.15) is 0 Å². The molecule has 90 valence electrons. The van der Waals surface area contributed by atoms with Crippen molar-refractivity contribution >= 4 is 0 Å². The molecule has 3 heteroatoms. The lowest BCUT2D eigenvalue weighted by atomic mass is 10.1. The third-order valence-electron chi connectivity index (χ3n) is 2.34. The Hall–Kier alpha value is -1.09. The van der Waals surface area contributed by atoms with Crippen LogP contribution < -0.4 is 10.1 Å². The van der Waals surface area contributed by atoms with E-state index in [2.05, 4.69) is 24.1 Å².